The highest BCUT2D eigenvalue weighted by atomic mass is 32.2. The highest BCUT2D eigenvalue weighted by Crippen LogP contribution is 2.26. The summed E-state index contributed by atoms with van der Waals surface area (Å²) in [5, 5.41) is 4.38. The van der Waals surface area contributed by atoms with Crippen molar-refractivity contribution in [2.45, 2.75) is 38.1 Å². The van der Waals surface area contributed by atoms with E-state index in [0.29, 0.717) is 6.04 Å². The molecule has 1 aliphatic heterocycles. The van der Waals surface area contributed by atoms with E-state index in [2.05, 4.69) is 42.2 Å². The average molecular weight is 251 g/mol. The predicted octanol–water partition coefficient (Wildman–Crippen LogP) is 3.07. The summed E-state index contributed by atoms with van der Waals surface area (Å²) in [7, 11) is 0. The van der Waals surface area contributed by atoms with Crippen LogP contribution in [0.4, 0.5) is 0 Å². The van der Waals surface area contributed by atoms with Crippen molar-refractivity contribution in [1.82, 2.24) is 5.32 Å². The maximum Gasteiger partial charge on any atom is 0.119 e. The van der Waals surface area contributed by atoms with Gasteiger partial charge in [0.2, 0.25) is 0 Å². The number of thioether (sulfide) groups is 1. The summed E-state index contributed by atoms with van der Waals surface area (Å²) >= 11 is 2.06. The molecular weight excluding hydrogens is 230 g/mol. The van der Waals surface area contributed by atoms with Gasteiger partial charge in [0.05, 0.1) is 6.61 Å². The van der Waals surface area contributed by atoms with Crippen LogP contribution in [-0.2, 0) is 6.54 Å². The van der Waals surface area contributed by atoms with Gasteiger partial charge in [-0.2, -0.15) is 11.8 Å². The number of rotatable bonds is 5. The molecule has 0 saturated carbocycles. The Morgan fingerprint density at radius 2 is 2.35 bits per heavy atom. The van der Waals surface area contributed by atoms with Crippen LogP contribution in [0.15, 0.2) is 24.3 Å². The van der Waals surface area contributed by atoms with E-state index in [9.17, 15) is 0 Å². The quantitative estimate of drug-likeness (QED) is 0.869. The van der Waals surface area contributed by atoms with E-state index >= 15 is 0 Å². The molecule has 3 heteroatoms. The van der Waals surface area contributed by atoms with E-state index < -0.39 is 0 Å². The van der Waals surface area contributed by atoms with Crippen LogP contribution >= 0.6 is 11.8 Å². The summed E-state index contributed by atoms with van der Waals surface area (Å²) < 4.78 is 5.51. The van der Waals surface area contributed by atoms with Crippen molar-refractivity contribution in [2.75, 3.05) is 12.4 Å². The van der Waals surface area contributed by atoms with Crippen LogP contribution in [0.3, 0.4) is 0 Å². The number of nitrogens with one attached hydrogen (secondary N) is 1. The smallest absolute Gasteiger partial charge is 0.119 e. The molecule has 2 atom stereocenters. The molecule has 0 aliphatic carbocycles. The first-order valence-electron chi connectivity index (χ1n) is 6.36. The van der Waals surface area contributed by atoms with Crippen LogP contribution in [0.5, 0.6) is 5.75 Å². The minimum Gasteiger partial charge on any atom is -0.494 e. The molecule has 1 aliphatic rings. The zero-order valence-electron chi connectivity index (χ0n) is 10.6. The van der Waals surface area contributed by atoms with E-state index in [1.807, 2.05) is 13.0 Å². The van der Waals surface area contributed by atoms with Crippen molar-refractivity contribution in [3.8, 4) is 5.75 Å². The minimum absolute atomic E-state index is 0.663. The molecule has 1 aromatic carbocycles. The van der Waals surface area contributed by atoms with E-state index in [1.54, 1.807) is 0 Å². The summed E-state index contributed by atoms with van der Waals surface area (Å²) in [4.78, 5) is 0. The molecule has 17 heavy (non-hydrogen) atoms. The van der Waals surface area contributed by atoms with Crippen molar-refractivity contribution in [3.05, 3.63) is 29.8 Å². The normalized spacial score (nSPS) is 23.9. The van der Waals surface area contributed by atoms with Gasteiger partial charge in [0.15, 0.2) is 0 Å². The lowest BCUT2D eigenvalue weighted by Crippen LogP contribution is -2.32. The van der Waals surface area contributed by atoms with Gasteiger partial charge < -0.3 is 10.1 Å². The monoisotopic (exact) mass is 251 g/mol. The highest BCUT2D eigenvalue weighted by molar-refractivity contribution is 8.00. The van der Waals surface area contributed by atoms with Crippen molar-refractivity contribution < 1.29 is 4.74 Å². The number of ether oxygens (including phenoxy) is 1. The van der Waals surface area contributed by atoms with Crippen LogP contribution < -0.4 is 10.1 Å². The van der Waals surface area contributed by atoms with Gasteiger partial charge in [0.1, 0.15) is 5.75 Å². The first-order chi connectivity index (χ1) is 8.29. The van der Waals surface area contributed by atoms with Crippen LogP contribution in [0.2, 0.25) is 0 Å². The molecule has 1 fully saturated rings. The molecule has 0 amide bonds. The van der Waals surface area contributed by atoms with Gasteiger partial charge in [-0.1, -0.05) is 19.1 Å². The molecule has 2 nitrogen and oxygen atoms in total. The Hall–Kier alpha value is -0.670. The summed E-state index contributed by atoms with van der Waals surface area (Å²) in [5.74, 6) is 2.26. The summed E-state index contributed by atoms with van der Waals surface area (Å²) in [6.45, 7) is 6.00. The topological polar surface area (TPSA) is 21.3 Å². The van der Waals surface area contributed by atoms with Crippen LogP contribution in [0, 0.1) is 0 Å². The highest BCUT2D eigenvalue weighted by Gasteiger charge is 2.22. The van der Waals surface area contributed by atoms with E-state index in [4.69, 9.17) is 4.74 Å². The van der Waals surface area contributed by atoms with Gasteiger partial charge in [-0.15, -0.1) is 0 Å². The lowest BCUT2D eigenvalue weighted by Gasteiger charge is -2.16. The SMILES string of the molecule is CCOc1cccc(CNC2CCSC2C)c1. The Morgan fingerprint density at radius 3 is 3.06 bits per heavy atom. The van der Waals surface area contributed by atoms with Crippen molar-refractivity contribution in [2.24, 2.45) is 0 Å². The van der Waals surface area contributed by atoms with E-state index in [-0.39, 0.29) is 0 Å². The Morgan fingerprint density at radius 1 is 1.47 bits per heavy atom. The predicted molar refractivity (Wildman–Crippen MR) is 74.8 cm³/mol. The summed E-state index contributed by atoms with van der Waals surface area (Å²) in [6, 6.07) is 9.03. The second-order valence-corrected chi connectivity index (χ2v) is 5.92. The largest absolute Gasteiger partial charge is 0.494 e. The molecule has 0 spiro atoms. The second kappa shape index (κ2) is 6.31. The molecular formula is C14H21NOS. The lowest BCUT2D eigenvalue weighted by atomic mass is 10.1. The van der Waals surface area contributed by atoms with E-state index in [0.717, 1.165) is 24.2 Å². The molecule has 2 rings (SSSR count). The van der Waals surface area contributed by atoms with Crippen LogP contribution in [0.1, 0.15) is 25.8 Å². The maximum atomic E-state index is 5.51. The fourth-order valence-corrected chi connectivity index (χ4v) is 3.39. The van der Waals surface area contributed by atoms with Gasteiger partial charge in [-0.3, -0.25) is 0 Å². The summed E-state index contributed by atoms with van der Waals surface area (Å²) in [6.07, 6.45) is 1.29. The standard InChI is InChI=1S/C14H21NOS/c1-3-16-13-6-4-5-12(9-13)10-15-14-7-8-17-11(14)2/h4-6,9,11,14-15H,3,7-8,10H2,1-2H3. The first kappa shape index (κ1) is 12.8. The number of hydrogen-bond acceptors (Lipinski definition) is 3. The Bertz CT molecular complexity index is 356. The molecule has 0 bridgehead atoms. The molecule has 1 N–H and O–H groups in total. The Balaban J connectivity index is 1.87. The van der Waals surface area contributed by atoms with Gasteiger partial charge in [0, 0.05) is 17.8 Å². The van der Waals surface area contributed by atoms with Gasteiger partial charge in [-0.25, -0.2) is 0 Å². The summed E-state index contributed by atoms with van der Waals surface area (Å²) in [5.41, 5.74) is 1.31. The number of hydrogen-bond donors (Lipinski definition) is 1. The number of benzene rings is 1. The van der Waals surface area contributed by atoms with Crippen LogP contribution in [-0.4, -0.2) is 23.7 Å². The fourth-order valence-electron chi connectivity index (χ4n) is 2.16. The molecule has 1 heterocycles. The minimum atomic E-state index is 0.663. The van der Waals surface area contributed by atoms with Crippen molar-refractivity contribution in [3.63, 3.8) is 0 Å². The molecule has 1 aromatic rings. The lowest BCUT2D eigenvalue weighted by molar-refractivity contribution is 0.339. The molecule has 1 saturated heterocycles. The van der Waals surface area contributed by atoms with Crippen molar-refractivity contribution >= 4 is 11.8 Å². The molecule has 0 aromatic heterocycles. The zero-order chi connectivity index (χ0) is 12.1. The van der Waals surface area contributed by atoms with Crippen LogP contribution in [0.25, 0.3) is 0 Å². The Kier molecular flexibility index (Phi) is 4.75. The second-order valence-electron chi connectivity index (χ2n) is 4.43. The zero-order valence-corrected chi connectivity index (χ0v) is 11.4. The van der Waals surface area contributed by atoms with Gasteiger partial charge in [-0.05, 0) is 36.8 Å². The van der Waals surface area contributed by atoms with Crippen molar-refractivity contribution in [1.29, 1.82) is 0 Å². The molecule has 0 radical (unpaired) electrons. The Labute approximate surface area is 108 Å². The average Bonchev–Trinajstić information content (AvgIpc) is 2.73. The molecule has 2 unspecified atom stereocenters. The maximum absolute atomic E-state index is 5.51. The van der Waals surface area contributed by atoms with Gasteiger partial charge in [0.25, 0.3) is 0 Å². The van der Waals surface area contributed by atoms with E-state index in [1.165, 1.54) is 17.7 Å². The van der Waals surface area contributed by atoms with Gasteiger partial charge >= 0.3 is 0 Å². The molecule has 94 valence electrons. The third-order valence-electron chi connectivity index (χ3n) is 3.15. The fraction of sp³-hybridized carbons (Fsp3) is 0.571. The third-order valence-corrected chi connectivity index (χ3v) is 4.48. The third kappa shape index (κ3) is 3.65. The first-order valence-corrected chi connectivity index (χ1v) is 7.41.